The van der Waals surface area contributed by atoms with Gasteiger partial charge >= 0.3 is 0 Å². The van der Waals surface area contributed by atoms with Crippen molar-refractivity contribution in [3.63, 3.8) is 0 Å². The second kappa shape index (κ2) is 22.7. The molecule has 0 fully saturated rings. The highest BCUT2D eigenvalue weighted by Crippen LogP contribution is 1.79. The van der Waals surface area contributed by atoms with Crippen LogP contribution in [0.5, 0.6) is 0 Å². The molecule has 0 aromatic heterocycles. The summed E-state index contributed by atoms with van der Waals surface area (Å²) < 4.78 is 0. The summed E-state index contributed by atoms with van der Waals surface area (Å²) in [4.78, 5) is 0. The van der Waals surface area contributed by atoms with Crippen LogP contribution in [0, 0.1) is 10.8 Å². The third-order valence-corrected chi connectivity index (χ3v) is 1.17. The monoisotopic (exact) mass is 215 g/mol. The fraction of sp³-hybridized carbons (Fsp3) is 0.400. The zero-order valence-corrected chi connectivity index (χ0v) is 9.50. The maximum Gasteiger partial charge on any atom is 0 e. The van der Waals surface area contributed by atoms with E-state index in [1.54, 1.807) is 0 Å². The van der Waals surface area contributed by atoms with Crippen LogP contribution in [-0.4, -0.2) is 13.1 Å². The van der Waals surface area contributed by atoms with Crippen molar-refractivity contribution in [2.45, 2.75) is 13.8 Å². The minimum absolute atomic E-state index is 0. The van der Waals surface area contributed by atoms with Crippen LogP contribution in [0.4, 0.5) is 0 Å². The summed E-state index contributed by atoms with van der Waals surface area (Å²) in [5.41, 5.74) is 0. The number of nitrogens with one attached hydrogen (secondary N) is 1. The van der Waals surface area contributed by atoms with E-state index in [2.05, 4.69) is 19.2 Å². The van der Waals surface area contributed by atoms with Gasteiger partial charge in [0.1, 0.15) is 0 Å². The highest BCUT2D eigenvalue weighted by molar-refractivity contribution is 5.85. The molecule has 0 heterocycles. The van der Waals surface area contributed by atoms with Gasteiger partial charge in [-0.1, -0.05) is 50.2 Å². The van der Waals surface area contributed by atoms with Crippen molar-refractivity contribution in [3.8, 4) is 0 Å². The lowest BCUT2D eigenvalue weighted by Crippen LogP contribution is -2.09. The zero-order valence-electron chi connectivity index (χ0n) is 8.68. The van der Waals surface area contributed by atoms with Crippen molar-refractivity contribution < 1.29 is 0 Å². The molecule has 0 unspecified atom stereocenters. The molecule has 0 radical (unpaired) electrons. The fourth-order valence-corrected chi connectivity index (χ4v) is 0.635. The molecule has 0 amide bonds. The summed E-state index contributed by atoms with van der Waals surface area (Å²) in [5, 5.41) is 15.1. The molecule has 3 nitrogen and oxygen atoms in total. The molecule has 0 atom stereocenters. The van der Waals surface area contributed by atoms with Crippen LogP contribution in [0.3, 0.4) is 0 Å². The van der Waals surface area contributed by atoms with E-state index in [9.17, 15) is 0 Å². The summed E-state index contributed by atoms with van der Waals surface area (Å²) in [7, 11) is 0. The van der Waals surface area contributed by atoms with Crippen LogP contribution in [0.1, 0.15) is 13.8 Å². The Balaban J connectivity index is -0.000000141. The lowest BCUT2D eigenvalue weighted by Gasteiger charge is -1.86. The zero-order chi connectivity index (χ0) is 10.4. The summed E-state index contributed by atoms with van der Waals surface area (Å²) >= 11 is 0. The van der Waals surface area contributed by atoms with Gasteiger partial charge in [0.15, 0.2) is 0 Å². The maximum atomic E-state index is 6.00. The van der Waals surface area contributed by atoms with Crippen LogP contribution < -0.4 is 5.32 Å². The number of hydrogen-bond donors (Lipinski definition) is 1. The molecule has 0 saturated carbocycles. The van der Waals surface area contributed by atoms with Crippen LogP contribution in [0.15, 0.2) is 36.4 Å². The molecule has 4 heteroatoms. The van der Waals surface area contributed by atoms with Crippen LogP contribution in [0.25, 0.3) is 0 Å². The molecule has 0 spiro atoms. The van der Waals surface area contributed by atoms with Gasteiger partial charge < -0.3 is 5.32 Å². The first-order valence-electron chi connectivity index (χ1n) is 4.32. The van der Waals surface area contributed by atoms with Gasteiger partial charge in [0.2, 0.25) is 0 Å². The van der Waals surface area contributed by atoms with E-state index < -0.39 is 0 Å². The summed E-state index contributed by atoms with van der Waals surface area (Å²) in [6.45, 7) is 6.39. The first-order valence-corrected chi connectivity index (χ1v) is 4.32. The molecule has 1 aromatic carbocycles. The molecule has 80 valence electrons. The Labute approximate surface area is 92.4 Å². The third kappa shape index (κ3) is 22.4. The largest absolute Gasteiger partial charge is 0.317 e. The molecule has 0 aliphatic carbocycles. The quantitative estimate of drug-likeness (QED) is 0.772. The number of hydrogen-bond acceptors (Lipinski definition) is 3. The van der Waals surface area contributed by atoms with Crippen molar-refractivity contribution in [1.82, 2.24) is 5.32 Å². The average molecular weight is 216 g/mol. The van der Waals surface area contributed by atoms with Gasteiger partial charge in [0, 0.05) is 10.8 Å². The van der Waals surface area contributed by atoms with Gasteiger partial charge in [-0.05, 0) is 13.1 Å². The first kappa shape index (κ1) is 18.6. The number of rotatable bonds is 2. The van der Waals surface area contributed by atoms with Crippen molar-refractivity contribution in [3.05, 3.63) is 36.4 Å². The lowest BCUT2D eigenvalue weighted by atomic mass is 10.4. The Morgan fingerprint density at radius 3 is 1.07 bits per heavy atom. The second-order valence-corrected chi connectivity index (χ2v) is 2.11. The van der Waals surface area contributed by atoms with Gasteiger partial charge in [-0.25, -0.2) is 0 Å². The van der Waals surface area contributed by atoms with E-state index >= 15 is 0 Å². The van der Waals surface area contributed by atoms with E-state index in [1.165, 1.54) is 0 Å². The topological polar surface area (TPSA) is 59.6 Å². The molecule has 0 bridgehead atoms. The minimum atomic E-state index is 0. The number of nitrogens with zero attached hydrogens (tertiary/aromatic N) is 2. The number of benzene rings is 1. The van der Waals surface area contributed by atoms with E-state index in [0.29, 0.717) is 0 Å². The Kier molecular flexibility index (Phi) is 30.1. The molecule has 1 N–H and O–H groups in total. The molecular formula is C10H18ClN3. The fourth-order valence-electron chi connectivity index (χ4n) is 0.635. The van der Waals surface area contributed by atoms with E-state index in [0.717, 1.165) is 13.1 Å². The summed E-state index contributed by atoms with van der Waals surface area (Å²) in [5.74, 6) is 0. The van der Waals surface area contributed by atoms with Gasteiger partial charge in [0.25, 0.3) is 0 Å². The van der Waals surface area contributed by atoms with Gasteiger partial charge in [-0.2, -0.15) is 0 Å². The van der Waals surface area contributed by atoms with Crippen LogP contribution in [-0.2, 0) is 0 Å². The molecule has 0 aliphatic rings. The first-order chi connectivity index (χ1) is 6.41. The SMILES string of the molecule is CCNCC.Cl.N#N.c1ccccc1. The predicted molar refractivity (Wildman–Crippen MR) is 61.4 cm³/mol. The Bertz CT molecular complexity index is 149. The Morgan fingerprint density at radius 2 is 1.00 bits per heavy atom. The summed E-state index contributed by atoms with van der Waals surface area (Å²) in [6, 6.07) is 12.0. The average Bonchev–Trinajstić information content (AvgIpc) is 2.25. The lowest BCUT2D eigenvalue weighted by molar-refractivity contribution is 0.762. The van der Waals surface area contributed by atoms with Gasteiger partial charge in [-0.3, -0.25) is 0 Å². The highest BCUT2D eigenvalue weighted by atomic mass is 35.5. The second-order valence-electron chi connectivity index (χ2n) is 2.11. The van der Waals surface area contributed by atoms with Crippen molar-refractivity contribution >= 4 is 12.4 Å². The standard InChI is InChI=1S/C6H6.C4H11N.ClH.N2/c1-2-4-6-5-3-1;1-3-5-4-2;;1-2/h1-6H;5H,3-4H2,1-2H3;1H;. The number of halogens is 1. The molecule has 1 aromatic rings. The third-order valence-electron chi connectivity index (χ3n) is 1.17. The minimum Gasteiger partial charge on any atom is -0.317 e. The van der Waals surface area contributed by atoms with Crippen molar-refractivity contribution in [1.29, 1.82) is 10.8 Å². The molecule has 0 aliphatic heterocycles. The molecule has 1 rings (SSSR count). The molecular weight excluding hydrogens is 198 g/mol. The van der Waals surface area contributed by atoms with Gasteiger partial charge in [0.05, 0.1) is 0 Å². The smallest absolute Gasteiger partial charge is 0 e. The Morgan fingerprint density at radius 1 is 0.786 bits per heavy atom. The van der Waals surface area contributed by atoms with Crippen molar-refractivity contribution in [2.75, 3.05) is 13.1 Å². The van der Waals surface area contributed by atoms with E-state index in [1.807, 2.05) is 36.4 Å². The van der Waals surface area contributed by atoms with Crippen LogP contribution >= 0.6 is 12.4 Å². The molecule has 14 heavy (non-hydrogen) atoms. The maximum absolute atomic E-state index is 6.00. The summed E-state index contributed by atoms with van der Waals surface area (Å²) in [6.07, 6.45) is 0. The van der Waals surface area contributed by atoms with Crippen molar-refractivity contribution in [2.24, 2.45) is 0 Å². The van der Waals surface area contributed by atoms with Crippen LogP contribution in [0.2, 0.25) is 0 Å². The van der Waals surface area contributed by atoms with Gasteiger partial charge in [-0.15, -0.1) is 12.4 Å². The predicted octanol–water partition coefficient (Wildman–Crippen LogP) is 2.75. The molecule has 0 saturated heterocycles. The normalized spacial score (nSPS) is 6.57. The Hall–Kier alpha value is -1.11. The highest BCUT2D eigenvalue weighted by Gasteiger charge is 1.62. The van der Waals surface area contributed by atoms with E-state index in [-0.39, 0.29) is 12.4 Å². The van der Waals surface area contributed by atoms with E-state index in [4.69, 9.17) is 10.8 Å².